The Labute approximate surface area is 226 Å². The second-order valence-electron chi connectivity index (χ2n) is 9.82. The quantitative estimate of drug-likeness (QED) is 0.0763. The molecule has 0 bridgehead atoms. The fourth-order valence-corrected chi connectivity index (χ4v) is 3.82. The lowest BCUT2D eigenvalue weighted by atomic mass is 9.99. The van der Waals surface area contributed by atoms with Gasteiger partial charge in [-0.2, -0.15) is 0 Å². The zero-order valence-electron chi connectivity index (χ0n) is 24.3. The zero-order valence-corrected chi connectivity index (χ0v) is 24.3. The van der Waals surface area contributed by atoms with E-state index in [9.17, 15) is 0 Å². The van der Waals surface area contributed by atoms with Gasteiger partial charge < -0.3 is 28.3 Å². The van der Waals surface area contributed by atoms with E-state index < -0.39 is 0 Å². The maximum absolute atomic E-state index is 5.97. The molecule has 0 rings (SSSR count). The van der Waals surface area contributed by atoms with Gasteiger partial charge in [0.05, 0.1) is 6.54 Å². The Balaban J connectivity index is 4.02. The van der Waals surface area contributed by atoms with Gasteiger partial charge in [0.2, 0.25) is 0 Å². The summed E-state index contributed by atoms with van der Waals surface area (Å²) in [6, 6.07) is 0. The summed E-state index contributed by atoms with van der Waals surface area (Å²) in [7, 11) is 0. The van der Waals surface area contributed by atoms with Crippen LogP contribution in [0.15, 0.2) is 20.0 Å². The molecule has 0 amide bonds. The van der Waals surface area contributed by atoms with Gasteiger partial charge in [-0.15, -0.1) is 0 Å². The van der Waals surface area contributed by atoms with Gasteiger partial charge in [-0.25, -0.2) is 4.99 Å². The average Bonchev–Trinajstić information content (AvgIpc) is 2.89. The summed E-state index contributed by atoms with van der Waals surface area (Å²) < 4.78 is 0. The van der Waals surface area contributed by atoms with Crippen LogP contribution in [0.3, 0.4) is 0 Å². The molecule has 10 N–H and O–H groups in total. The van der Waals surface area contributed by atoms with E-state index in [-0.39, 0.29) is 0 Å². The minimum absolute atomic E-state index is 0.320. The molecule has 0 aliphatic rings. The van der Waals surface area contributed by atoms with E-state index in [4.69, 9.17) is 22.9 Å². The lowest BCUT2D eigenvalue weighted by Crippen LogP contribution is -2.42. The number of aliphatic imine (C=N–C) groups is 4. The average molecular weight is 523 g/mol. The number of nitrogens with two attached hydrogens (primary N) is 4. The van der Waals surface area contributed by atoms with Crippen molar-refractivity contribution in [3.05, 3.63) is 0 Å². The first-order chi connectivity index (χ1) is 17.9. The predicted molar refractivity (Wildman–Crippen MR) is 162 cm³/mol. The van der Waals surface area contributed by atoms with Crippen LogP contribution in [0.1, 0.15) is 105 Å². The van der Waals surface area contributed by atoms with E-state index in [0.717, 1.165) is 51.6 Å². The number of guanidine groups is 3. The van der Waals surface area contributed by atoms with Crippen LogP contribution in [0, 0.1) is 11.8 Å². The van der Waals surface area contributed by atoms with Gasteiger partial charge in [0.1, 0.15) is 5.84 Å². The number of nitrogens with zero attached hydrogens (tertiary/aromatic N) is 4. The van der Waals surface area contributed by atoms with Crippen LogP contribution in [-0.4, -0.2) is 56.4 Å². The molecule has 0 aromatic carbocycles. The highest BCUT2D eigenvalue weighted by Crippen LogP contribution is 2.12. The maximum atomic E-state index is 5.97. The van der Waals surface area contributed by atoms with E-state index in [1.807, 2.05) is 0 Å². The molecule has 0 aliphatic heterocycles. The Morgan fingerprint density at radius 3 is 1.78 bits per heavy atom. The van der Waals surface area contributed by atoms with Gasteiger partial charge in [-0.1, -0.05) is 79.1 Å². The number of nitrogens with one attached hydrogen (secondary N) is 2. The monoisotopic (exact) mass is 522 g/mol. The molecule has 0 spiro atoms. The summed E-state index contributed by atoms with van der Waals surface area (Å²) in [6.07, 6.45) is 13.6. The lowest BCUT2D eigenvalue weighted by Gasteiger charge is -2.15. The smallest absolute Gasteiger partial charge is 0.195 e. The molecular formula is C27H58N10. The molecule has 0 aromatic heterocycles. The molecule has 0 fully saturated rings. The minimum Gasteiger partial charge on any atom is -0.386 e. The topological polar surface area (TPSA) is 178 Å². The number of rotatable bonds is 21. The van der Waals surface area contributed by atoms with Gasteiger partial charge in [-0.3, -0.25) is 20.3 Å². The van der Waals surface area contributed by atoms with Gasteiger partial charge in [0.25, 0.3) is 0 Å². The molecule has 0 heterocycles. The summed E-state index contributed by atoms with van der Waals surface area (Å²) in [4.78, 5) is 17.4. The third-order valence-electron chi connectivity index (χ3n) is 6.51. The lowest BCUT2D eigenvalue weighted by molar-refractivity contribution is 0.445. The molecule has 0 aliphatic carbocycles. The van der Waals surface area contributed by atoms with Gasteiger partial charge in [0, 0.05) is 26.2 Å². The largest absolute Gasteiger partial charge is 0.386 e. The zero-order chi connectivity index (χ0) is 27.7. The molecule has 10 nitrogen and oxygen atoms in total. The molecule has 2 unspecified atom stereocenters. The first-order valence-electron chi connectivity index (χ1n) is 14.5. The highest BCUT2D eigenvalue weighted by molar-refractivity contribution is 5.97. The molecular weight excluding hydrogens is 464 g/mol. The van der Waals surface area contributed by atoms with E-state index in [0.29, 0.717) is 55.2 Å². The Hall–Kier alpha value is -2.52. The second-order valence-corrected chi connectivity index (χ2v) is 9.82. The minimum atomic E-state index is 0.320. The fourth-order valence-electron chi connectivity index (χ4n) is 3.82. The summed E-state index contributed by atoms with van der Waals surface area (Å²) in [5, 5.41) is 6.09. The van der Waals surface area contributed by atoms with Crippen LogP contribution >= 0.6 is 0 Å². The summed E-state index contributed by atoms with van der Waals surface area (Å²) in [5.41, 5.74) is 23.8. The van der Waals surface area contributed by atoms with Crippen molar-refractivity contribution < 1.29 is 0 Å². The Bertz CT molecular complexity index is 672. The first-order valence-corrected chi connectivity index (χ1v) is 14.5. The van der Waals surface area contributed by atoms with Crippen LogP contribution < -0.4 is 33.6 Å². The van der Waals surface area contributed by atoms with Crippen LogP contribution in [-0.2, 0) is 0 Å². The number of hydrogen-bond acceptors (Lipinski definition) is 4. The van der Waals surface area contributed by atoms with Gasteiger partial charge >= 0.3 is 0 Å². The first kappa shape index (κ1) is 34.5. The molecule has 10 heteroatoms. The third kappa shape index (κ3) is 21.3. The standard InChI is InChI=1S/C27H58N10/c1-5-9-15-22(7-3)19-34-25(29)36-21-24(28)32-17-13-11-12-14-18-33-26(30)37-27(31)35-20-23(8-4)16-10-6-2/h22-23H,5-21H2,1-4H3,(H2,28,32)(H3,29,34,36)(H5,30,31,33,35,37). The van der Waals surface area contributed by atoms with Crippen LogP contribution in [0.25, 0.3) is 0 Å². The van der Waals surface area contributed by atoms with Crippen molar-refractivity contribution in [1.29, 1.82) is 0 Å². The highest BCUT2D eigenvalue weighted by Gasteiger charge is 2.06. The van der Waals surface area contributed by atoms with Crippen LogP contribution in [0.4, 0.5) is 0 Å². The Kier molecular flexibility index (Phi) is 22.2. The molecule has 216 valence electrons. The molecule has 37 heavy (non-hydrogen) atoms. The third-order valence-corrected chi connectivity index (χ3v) is 6.51. The van der Waals surface area contributed by atoms with E-state index in [1.165, 1.54) is 38.5 Å². The summed E-state index contributed by atoms with van der Waals surface area (Å²) >= 11 is 0. The van der Waals surface area contributed by atoms with Crippen molar-refractivity contribution in [3.8, 4) is 0 Å². The normalized spacial score (nSPS) is 15.0. The van der Waals surface area contributed by atoms with Crippen molar-refractivity contribution in [2.24, 2.45) is 54.7 Å². The van der Waals surface area contributed by atoms with Crippen molar-refractivity contribution >= 4 is 23.7 Å². The Morgan fingerprint density at radius 1 is 0.622 bits per heavy atom. The second kappa shape index (κ2) is 23.9. The van der Waals surface area contributed by atoms with E-state index in [2.05, 4.69) is 58.3 Å². The SMILES string of the molecule is CCCCC(CC)CN=C(N)NC(N)=NCCCCCCN=C(N)CN=C(N)NCC(CC)CCCC. The molecule has 2 atom stereocenters. The number of hydrogen-bond donors (Lipinski definition) is 6. The molecule has 0 saturated carbocycles. The maximum Gasteiger partial charge on any atom is 0.195 e. The molecule has 0 aromatic rings. The Morgan fingerprint density at radius 2 is 1.19 bits per heavy atom. The molecule has 0 saturated heterocycles. The van der Waals surface area contributed by atoms with E-state index in [1.54, 1.807) is 0 Å². The van der Waals surface area contributed by atoms with Crippen LogP contribution in [0.2, 0.25) is 0 Å². The summed E-state index contributed by atoms with van der Waals surface area (Å²) in [5.74, 6) is 2.81. The number of amidine groups is 1. The van der Waals surface area contributed by atoms with Crippen LogP contribution in [0.5, 0.6) is 0 Å². The van der Waals surface area contributed by atoms with Crippen molar-refractivity contribution in [2.45, 2.75) is 105 Å². The van der Waals surface area contributed by atoms with Crippen molar-refractivity contribution in [2.75, 3.05) is 32.7 Å². The van der Waals surface area contributed by atoms with Gasteiger partial charge in [0.15, 0.2) is 17.9 Å². The highest BCUT2D eigenvalue weighted by atomic mass is 15.2. The predicted octanol–water partition coefficient (Wildman–Crippen LogP) is 3.46. The van der Waals surface area contributed by atoms with Crippen molar-refractivity contribution in [3.63, 3.8) is 0 Å². The van der Waals surface area contributed by atoms with Crippen molar-refractivity contribution in [1.82, 2.24) is 10.6 Å². The van der Waals surface area contributed by atoms with Gasteiger partial charge in [-0.05, 0) is 37.5 Å². The summed E-state index contributed by atoms with van der Waals surface area (Å²) in [6.45, 7) is 12.1. The molecule has 0 radical (unpaired) electrons. The fraction of sp³-hybridized carbons (Fsp3) is 0.852. The van der Waals surface area contributed by atoms with E-state index >= 15 is 0 Å². The number of unbranched alkanes of at least 4 members (excludes halogenated alkanes) is 5.